The van der Waals surface area contributed by atoms with Crippen LogP contribution in [0, 0.1) is 0 Å². The van der Waals surface area contributed by atoms with Crippen LogP contribution in [0.1, 0.15) is 15.4 Å². The summed E-state index contributed by atoms with van der Waals surface area (Å²) in [6.07, 6.45) is 4.74. The van der Waals surface area contributed by atoms with Crippen molar-refractivity contribution in [3.05, 3.63) is 57.5 Å². The van der Waals surface area contributed by atoms with Crippen LogP contribution in [0.5, 0.6) is 0 Å². The van der Waals surface area contributed by atoms with Crippen molar-refractivity contribution in [1.29, 1.82) is 0 Å². The summed E-state index contributed by atoms with van der Waals surface area (Å²) < 4.78 is 0. The lowest BCUT2D eigenvalue weighted by Crippen LogP contribution is -2.29. The number of thiophene rings is 1. The van der Waals surface area contributed by atoms with Crippen LogP contribution in [0.4, 0.5) is 0 Å². The zero-order chi connectivity index (χ0) is 15.9. The highest BCUT2D eigenvalue weighted by molar-refractivity contribution is 7.15. The topological polar surface area (TPSA) is 44.8 Å². The molecular weight excluding hydrogens is 336 g/mol. The van der Waals surface area contributed by atoms with Crippen molar-refractivity contribution in [2.24, 2.45) is 0 Å². The minimum absolute atomic E-state index is 1.01. The van der Waals surface area contributed by atoms with Gasteiger partial charge in [0.25, 0.3) is 0 Å². The molecule has 0 amide bonds. The Morgan fingerprint density at radius 3 is 3.17 bits per heavy atom. The van der Waals surface area contributed by atoms with Gasteiger partial charge in [0.05, 0.1) is 23.1 Å². The molecule has 0 saturated carbocycles. The van der Waals surface area contributed by atoms with E-state index in [2.05, 4.69) is 38.4 Å². The maximum atomic E-state index is 4.89. The first kappa shape index (κ1) is 14.3. The molecule has 120 valence electrons. The summed E-state index contributed by atoms with van der Waals surface area (Å²) in [4.78, 5) is 17.9. The van der Waals surface area contributed by atoms with E-state index in [0.29, 0.717) is 0 Å². The number of hydrogen-bond acceptors (Lipinski definition) is 5. The van der Waals surface area contributed by atoms with Crippen molar-refractivity contribution in [3.63, 3.8) is 0 Å². The molecule has 5 rings (SSSR count). The highest BCUT2D eigenvalue weighted by atomic mass is 32.1. The Bertz CT molecular complexity index is 951. The highest BCUT2D eigenvalue weighted by Gasteiger charge is 2.22. The van der Waals surface area contributed by atoms with Crippen LogP contribution >= 0.6 is 22.7 Å². The van der Waals surface area contributed by atoms with E-state index in [0.717, 1.165) is 42.3 Å². The maximum absolute atomic E-state index is 4.89. The molecule has 6 heteroatoms. The van der Waals surface area contributed by atoms with E-state index in [-0.39, 0.29) is 0 Å². The van der Waals surface area contributed by atoms with Gasteiger partial charge < -0.3 is 4.98 Å². The number of pyridine rings is 1. The molecule has 0 saturated heterocycles. The second-order valence-electron chi connectivity index (χ2n) is 6.07. The third kappa shape index (κ3) is 2.56. The van der Waals surface area contributed by atoms with Crippen LogP contribution in [0.25, 0.3) is 21.6 Å². The van der Waals surface area contributed by atoms with Crippen molar-refractivity contribution in [1.82, 2.24) is 19.9 Å². The van der Waals surface area contributed by atoms with Gasteiger partial charge in [0.1, 0.15) is 5.01 Å². The fraction of sp³-hybridized carbons (Fsp3) is 0.222. The number of aromatic amines is 1. The SMILES string of the molecule is c1csc(CN2CCc3nc(-c4cc5ccncc5[nH]4)sc3C2)c1. The first-order valence-corrected chi connectivity index (χ1v) is 9.71. The summed E-state index contributed by atoms with van der Waals surface area (Å²) in [5.41, 5.74) is 3.44. The fourth-order valence-corrected chi connectivity index (χ4v) is 5.08. The number of nitrogens with zero attached hydrogens (tertiary/aromatic N) is 3. The minimum atomic E-state index is 1.01. The molecule has 1 aliphatic rings. The highest BCUT2D eigenvalue weighted by Crippen LogP contribution is 2.33. The molecule has 1 N–H and O–H groups in total. The van der Waals surface area contributed by atoms with Crippen molar-refractivity contribution >= 4 is 33.6 Å². The zero-order valence-corrected chi connectivity index (χ0v) is 14.7. The van der Waals surface area contributed by atoms with Crippen LogP contribution < -0.4 is 0 Å². The number of H-pyrrole nitrogens is 1. The Morgan fingerprint density at radius 1 is 1.29 bits per heavy atom. The van der Waals surface area contributed by atoms with Gasteiger partial charge in [-0.3, -0.25) is 9.88 Å². The number of fused-ring (bicyclic) bond motifs is 2. The van der Waals surface area contributed by atoms with Gasteiger partial charge in [-0.05, 0) is 23.6 Å². The summed E-state index contributed by atoms with van der Waals surface area (Å²) in [5.74, 6) is 0. The number of thiazole rings is 1. The second-order valence-corrected chi connectivity index (χ2v) is 8.19. The van der Waals surface area contributed by atoms with E-state index >= 15 is 0 Å². The molecule has 0 fully saturated rings. The quantitative estimate of drug-likeness (QED) is 0.598. The Kier molecular flexibility index (Phi) is 3.47. The Morgan fingerprint density at radius 2 is 2.29 bits per heavy atom. The standard InChI is InChI=1S/C18H16N4S2/c1-2-13(23-7-1)10-22-6-4-14-17(11-22)24-18(21-14)15-8-12-3-5-19-9-16(12)20-15/h1-3,5,7-9,20H,4,6,10-11H2. The van der Waals surface area contributed by atoms with Crippen molar-refractivity contribution < 1.29 is 0 Å². The molecule has 0 atom stereocenters. The molecule has 0 spiro atoms. The van der Waals surface area contributed by atoms with Crippen LogP contribution in [-0.2, 0) is 19.5 Å². The first-order chi connectivity index (χ1) is 11.8. The second kappa shape index (κ2) is 5.81. The normalized spacial score (nSPS) is 15.0. The van der Waals surface area contributed by atoms with Gasteiger partial charge in [-0.1, -0.05) is 6.07 Å². The smallest absolute Gasteiger partial charge is 0.140 e. The fourth-order valence-electron chi connectivity index (χ4n) is 3.21. The predicted octanol–water partition coefficient (Wildman–Crippen LogP) is 4.31. The van der Waals surface area contributed by atoms with E-state index in [4.69, 9.17) is 4.98 Å². The molecule has 4 aromatic heterocycles. The van der Waals surface area contributed by atoms with E-state index in [9.17, 15) is 0 Å². The summed E-state index contributed by atoms with van der Waals surface area (Å²) in [7, 11) is 0. The first-order valence-electron chi connectivity index (χ1n) is 8.01. The molecule has 0 bridgehead atoms. The number of rotatable bonds is 3. The summed E-state index contributed by atoms with van der Waals surface area (Å²) in [6.45, 7) is 3.14. The molecule has 4 aromatic rings. The van der Waals surface area contributed by atoms with E-state index < -0.39 is 0 Å². The van der Waals surface area contributed by atoms with Crippen molar-refractivity contribution in [2.45, 2.75) is 19.5 Å². The minimum Gasteiger partial charge on any atom is -0.351 e. The van der Waals surface area contributed by atoms with Gasteiger partial charge >= 0.3 is 0 Å². The van der Waals surface area contributed by atoms with Gasteiger partial charge in [0.15, 0.2) is 0 Å². The Hall–Kier alpha value is -2.02. The molecule has 24 heavy (non-hydrogen) atoms. The lowest BCUT2D eigenvalue weighted by Gasteiger charge is -2.25. The van der Waals surface area contributed by atoms with Gasteiger partial charge in [0.2, 0.25) is 0 Å². The van der Waals surface area contributed by atoms with Gasteiger partial charge in [0, 0.05) is 47.4 Å². The number of nitrogens with one attached hydrogen (secondary N) is 1. The van der Waals surface area contributed by atoms with E-state index in [1.54, 1.807) is 0 Å². The Balaban J connectivity index is 1.42. The van der Waals surface area contributed by atoms with E-state index in [1.165, 1.54) is 20.8 Å². The largest absolute Gasteiger partial charge is 0.351 e. The Labute approximate surface area is 147 Å². The monoisotopic (exact) mass is 352 g/mol. The van der Waals surface area contributed by atoms with Crippen LogP contribution in [0.2, 0.25) is 0 Å². The average Bonchev–Trinajstić information content (AvgIpc) is 3.33. The summed E-state index contributed by atoms with van der Waals surface area (Å²) in [5, 5.41) is 4.43. The molecule has 5 heterocycles. The lowest BCUT2D eigenvalue weighted by atomic mass is 10.2. The number of aromatic nitrogens is 3. The third-order valence-electron chi connectivity index (χ3n) is 4.42. The summed E-state index contributed by atoms with van der Waals surface area (Å²) >= 11 is 3.66. The van der Waals surface area contributed by atoms with Gasteiger partial charge in [-0.25, -0.2) is 4.98 Å². The van der Waals surface area contributed by atoms with Crippen molar-refractivity contribution in [3.8, 4) is 10.7 Å². The molecule has 0 aromatic carbocycles. The summed E-state index contributed by atoms with van der Waals surface area (Å²) in [6, 6.07) is 8.55. The average molecular weight is 352 g/mol. The lowest BCUT2D eigenvalue weighted by molar-refractivity contribution is 0.249. The predicted molar refractivity (Wildman–Crippen MR) is 99.3 cm³/mol. The van der Waals surface area contributed by atoms with E-state index in [1.807, 2.05) is 41.1 Å². The molecule has 4 nitrogen and oxygen atoms in total. The maximum Gasteiger partial charge on any atom is 0.140 e. The van der Waals surface area contributed by atoms with Crippen molar-refractivity contribution in [2.75, 3.05) is 6.54 Å². The van der Waals surface area contributed by atoms with Crippen LogP contribution in [0.3, 0.4) is 0 Å². The molecular formula is C18H16N4S2. The molecule has 0 aliphatic carbocycles. The van der Waals surface area contributed by atoms with Gasteiger partial charge in [-0.15, -0.1) is 22.7 Å². The van der Waals surface area contributed by atoms with Crippen LogP contribution in [-0.4, -0.2) is 26.4 Å². The third-order valence-corrected chi connectivity index (χ3v) is 6.40. The van der Waals surface area contributed by atoms with Crippen LogP contribution in [0.15, 0.2) is 42.0 Å². The zero-order valence-electron chi connectivity index (χ0n) is 13.0. The molecule has 0 radical (unpaired) electrons. The number of hydrogen-bond donors (Lipinski definition) is 1. The van der Waals surface area contributed by atoms with Gasteiger partial charge in [-0.2, -0.15) is 0 Å². The molecule has 1 aliphatic heterocycles. The molecule has 0 unspecified atom stereocenters.